The number of hydrogen-bond acceptors (Lipinski definition) is 4. The van der Waals surface area contributed by atoms with Gasteiger partial charge in [-0.1, -0.05) is 18.2 Å². The van der Waals surface area contributed by atoms with E-state index in [1.807, 2.05) is 6.92 Å². The minimum absolute atomic E-state index is 0.103. The van der Waals surface area contributed by atoms with Gasteiger partial charge in [0, 0.05) is 31.0 Å². The Labute approximate surface area is 149 Å². The van der Waals surface area contributed by atoms with E-state index in [0.29, 0.717) is 19.5 Å². The lowest BCUT2D eigenvalue weighted by Gasteiger charge is -2.31. The molecule has 1 aliphatic rings. The van der Waals surface area contributed by atoms with Gasteiger partial charge < -0.3 is 4.90 Å². The van der Waals surface area contributed by atoms with Crippen molar-refractivity contribution in [1.82, 2.24) is 19.9 Å². The summed E-state index contributed by atoms with van der Waals surface area (Å²) in [7, 11) is 0. The summed E-state index contributed by atoms with van der Waals surface area (Å²) in [5, 5.41) is 7.63. The summed E-state index contributed by atoms with van der Waals surface area (Å²) in [6.45, 7) is 2.59. The van der Waals surface area contributed by atoms with Gasteiger partial charge in [-0.05, 0) is 25.0 Å². The molecule has 0 bridgehead atoms. The van der Waals surface area contributed by atoms with Crippen LogP contribution in [0.25, 0.3) is 0 Å². The molecule has 1 fully saturated rings. The Bertz CT molecular complexity index is 801. The Balaban J connectivity index is 1.71. The Hall–Kier alpha value is -2.64. The van der Waals surface area contributed by atoms with Crippen LogP contribution in [0.3, 0.4) is 0 Å². The molecule has 1 amide bonds. The van der Waals surface area contributed by atoms with Gasteiger partial charge in [-0.2, -0.15) is 0 Å². The molecule has 1 aliphatic heterocycles. The largest absolute Gasteiger partial charge is 0.336 e. The van der Waals surface area contributed by atoms with Crippen LogP contribution in [-0.4, -0.2) is 44.7 Å². The lowest BCUT2D eigenvalue weighted by atomic mass is 9.92. The van der Waals surface area contributed by atoms with Crippen LogP contribution < -0.4 is 0 Å². The smallest absolute Gasteiger partial charge is 0.276 e. The van der Waals surface area contributed by atoms with Gasteiger partial charge in [0.2, 0.25) is 0 Å². The van der Waals surface area contributed by atoms with Crippen LogP contribution in [0.2, 0.25) is 0 Å². The summed E-state index contributed by atoms with van der Waals surface area (Å²) in [5.74, 6) is -1.66. The average Bonchev–Trinajstić information content (AvgIpc) is 3.12. The molecule has 0 saturated carbocycles. The molecule has 2 heterocycles. The molecular formula is C18H20F2N4O2. The van der Waals surface area contributed by atoms with Gasteiger partial charge in [-0.15, -0.1) is 5.10 Å². The van der Waals surface area contributed by atoms with E-state index in [1.165, 1.54) is 29.1 Å². The van der Waals surface area contributed by atoms with Crippen LogP contribution in [-0.2, 0) is 11.3 Å². The Kier molecular flexibility index (Phi) is 5.39. The number of nitrogens with zero attached hydrogens (tertiary/aromatic N) is 4. The molecule has 1 unspecified atom stereocenters. The minimum atomic E-state index is -0.676. The number of aromatic nitrogens is 3. The maximum Gasteiger partial charge on any atom is 0.276 e. The molecule has 0 aliphatic carbocycles. The van der Waals surface area contributed by atoms with Gasteiger partial charge in [0.1, 0.15) is 17.4 Å². The quantitative estimate of drug-likeness (QED) is 0.819. The van der Waals surface area contributed by atoms with Crippen LogP contribution in [0.4, 0.5) is 8.78 Å². The van der Waals surface area contributed by atoms with Crippen molar-refractivity contribution in [3.8, 4) is 0 Å². The van der Waals surface area contributed by atoms with Crippen molar-refractivity contribution in [3.05, 3.63) is 47.3 Å². The zero-order valence-electron chi connectivity index (χ0n) is 14.5. The van der Waals surface area contributed by atoms with Gasteiger partial charge in [0.25, 0.3) is 5.91 Å². The molecule has 1 aromatic heterocycles. The van der Waals surface area contributed by atoms with Gasteiger partial charge in [0.15, 0.2) is 5.69 Å². The Morgan fingerprint density at radius 1 is 1.27 bits per heavy atom. The van der Waals surface area contributed by atoms with E-state index in [1.54, 1.807) is 4.90 Å². The third-order valence-electron chi connectivity index (χ3n) is 4.65. The summed E-state index contributed by atoms with van der Waals surface area (Å²) in [6.07, 6.45) is 3.38. The van der Waals surface area contributed by atoms with Gasteiger partial charge in [-0.25, -0.2) is 13.5 Å². The van der Waals surface area contributed by atoms with Gasteiger partial charge in [-0.3, -0.25) is 9.59 Å². The van der Waals surface area contributed by atoms with Crippen LogP contribution in [0.1, 0.15) is 42.2 Å². The van der Waals surface area contributed by atoms with Crippen molar-refractivity contribution >= 4 is 11.7 Å². The number of ketones is 1. The first kappa shape index (κ1) is 18.2. The van der Waals surface area contributed by atoms with Crippen molar-refractivity contribution in [2.75, 3.05) is 13.1 Å². The second kappa shape index (κ2) is 7.72. The number of Topliss-reactive ketones (excluding diaryl/α,β-unsaturated/α-hetero) is 1. The SMILES string of the molecule is CCC(=O)C1CCCN(C(=O)c2cn(Cc3c(F)cccc3F)nn2)C1. The predicted octanol–water partition coefficient (Wildman–Crippen LogP) is 2.44. The first-order chi connectivity index (χ1) is 12.5. The van der Waals surface area contributed by atoms with Crippen LogP contribution in [0.15, 0.2) is 24.4 Å². The number of hydrogen-bond donors (Lipinski definition) is 0. The fourth-order valence-electron chi connectivity index (χ4n) is 3.19. The molecular weight excluding hydrogens is 342 g/mol. The number of likely N-dealkylation sites (tertiary alicyclic amines) is 1. The monoisotopic (exact) mass is 362 g/mol. The molecule has 0 radical (unpaired) electrons. The third-order valence-corrected chi connectivity index (χ3v) is 4.65. The summed E-state index contributed by atoms with van der Waals surface area (Å²) in [4.78, 5) is 26.1. The lowest BCUT2D eigenvalue weighted by Crippen LogP contribution is -2.42. The second-order valence-electron chi connectivity index (χ2n) is 6.41. The van der Waals surface area contributed by atoms with Crippen molar-refractivity contribution in [2.24, 2.45) is 5.92 Å². The first-order valence-corrected chi connectivity index (χ1v) is 8.64. The predicted molar refractivity (Wildman–Crippen MR) is 89.4 cm³/mol. The third kappa shape index (κ3) is 3.79. The highest BCUT2D eigenvalue weighted by Gasteiger charge is 2.29. The van der Waals surface area contributed by atoms with E-state index in [2.05, 4.69) is 10.3 Å². The number of benzene rings is 1. The van der Waals surface area contributed by atoms with Crippen molar-refractivity contribution < 1.29 is 18.4 Å². The highest BCUT2D eigenvalue weighted by atomic mass is 19.1. The molecule has 1 atom stereocenters. The highest BCUT2D eigenvalue weighted by Crippen LogP contribution is 2.20. The number of amides is 1. The molecule has 2 aromatic rings. The van der Waals surface area contributed by atoms with Crippen molar-refractivity contribution in [2.45, 2.75) is 32.7 Å². The van der Waals surface area contributed by atoms with E-state index in [4.69, 9.17) is 0 Å². The zero-order valence-corrected chi connectivity index (χ0v) is 14.5. The van der Waals surface area contributed by atoms with Gasteiger partial charge >= 0.3 is 0 Å². The number of carbonyl (C=O) groups excluding carboxylic acids is 2. The Morgan fingerprint density at radius 2 is 2.00 bits per heavy atom. The van der Waals surface area contributed by atoms with Crippen LogP contribution in [0.5, 0.6) is 0 Å². The van der Waals surface area contributed by atoms with E-state index in [0.717, 1.165) is 12.8 Å². The normalized spacial score (nSPS) is 17.3. The topological polar surface area (TPSA) is 68.1 Å². The molecule has 26 heavy (non-hydrogen) atoms. The fraction of sp³-hybridized carbons (Fsp3) is 0.444. The summed E-state index contributed by atoms with van der Waals surface area (Å²) in [6, 6.07) is 3.62. The molecule has 6 nitrogen and oxygen atoms in total. The standard InChI is InChI=1S/C18H20F2N4O2/c1-2-17(25)12-5-4-8-23(9-12)18(26)16-11-24(22-21-16)10-13-14(19)6-3-7-15(13)20/h3,6-7,11-12H,2,4-5,8-10H2,1H3. The maximum absolute atomic E-state index is 13.7. The summed E-state index contributed by atoms with van der Waals surface area (Å²) < 4.78 is 28.7. The molecule has 0 spiro atoms. The molecule has 3 rings (SSSR count). The van der Waals surface area contributed by atoms with Crippen molar-refractivity contribution in [3.63, 3.8) is 0 Å². The molecule has 0 N–H and O–H groups in total. The van der Waals surface area contributed by atoms with E-state index >= 15 is 0 Å². The van der Waals surface area contributed by atoms with Crippen LogP contribution in [0, 0.1) is 17.6 Å². The van der Waals surface area contributed by atoms with E-state index in [9.17, 15) is 18.4 Å². The number of halogens is 2. The molecule has 1 saturated heterocycles. The second-order valence-corrected chi connectivity index (χ2v) is 6.41. The Morgan fingerprint density at radius 3 is 2.69 bits per heavy atom. The minimum Gasteiger partial charge on any atom is -0.336 e. The maximum atomic E-state index is 13.7. The van der Waals surface area contributed by atoms with E-state index in [-0.39, 0.29) is 35.4 Å². The molecule has 8 heteroatoms. The zero-order chi connectivity index (χ0) is 18.7. The van der Waals surface area contributed by atoms with Gasteiger partial charge in [0.05, 0.1) is 12.7 Å². The lowest BCUT2D eigenvalue weighted by molar-refractivity contribution is -0.123. The first-order valence-electron chi connectivity index (χ1n) is 8.64. The molecule has 138 valence electrons. The number of rotatable bonds is 5. The van der Waals surface area contributed by atoms with E-state index < -0.39 is 11.6 Å². The molecule has 1 aromatic carbocycles. The fourth-order valence-corrected chi connectivity index (χ4v) is 3.19. The van der Waals surface area contributed by atoms with Crippen molar-refractivity contribution in [1.29, 1.82) is 0 Å². The average molecular weight is 362 g/mol. The summed E-state index contributed by atoms with van der Waals surface area (Å²) in [5.41, 5.74) is -0.0330. The summed E-state index contributed by atoms with van der Waals surface area (Å²) >= 11 is 0. The highest BCUT2D eigenvalue weighted by molar-refractivity contribution is 5.92. The number of piperidine rings is 1. The van der Waals surface area contributed by atoms with Crippen LogP contribution >= 0.6 is 0 Å². The number of carbonyl (C=O) groups is 2.